The van der Waals surface area contributed by atoms with Crippen molar-refractivity contribution in [3.05, 3.63) is 58.0 Å². The lowest BCUT2D eigenvalue weighted by Crippen LogP contribution is -2.27. The molecule has 1 heterocycles. The van der Waals surface area contributed by atoms with Gasteiger partial charge < -0.3 is 5.73 Å². The highest BCUT2D eigenvalue weighted by Gasteiger charge is 2.12. The SMILES string of the molecule is N#Cc1cc(C(N)=O)nn(-c2ccccc2)c1=O. The molecule has 0 atom stereocenters. The third-order valence-electron chi connectivity index (χ3n) is 2.29. The number of primary amides is 1. The lowest BCUT2D eigenvalue weighted by molar-refractivity contribution is 0.0994. The average Bonchev–Trinajstić information content (AvgIpc) is 2.39. The average molecular weight is 240 g/mol. The van der Waals surface area contributed by atoms with Crippen molar-refractivity contribution in [1.82, 2.24) is 9.78 Å². The summed E-state index contributed by atoms with van der Waals surface area (Å²) in [6.45, 7) is 0. The Hall–Kier alpha value is -2.94. The zero-order valence-electron chi connectivity index (χ0n) is 9.20. The van der Waals surface area contributed by atoms with Crippen molar-refractivity contribution in [1.29, 1.82) is 5.26 Å². The van der Waals surface area contributed by atoms with Crippen LogP contribution >= 0.6 is 0 Å². The summed E-state index contributed by atoms with van der Waals surface area (Å²) < 4.78 is 0.985. The fourth-order valence-corrected chi connectivity index (χ4v) is 1.44. The highest BCUT2D eigenvalue weighted by molar-refractivity contribution is 5.90. The Balaban J connectivity index is 2.75. The summed E-state index contributed by atoms with van der Waals surface area (Å²) >= 11 is 0. The Morgan fingerprint density at radius 1 is 1.33 bits per heavy atom. The summed E-state index contributed by atoms with van der Waals surface area (Å²) in [5, 5.41) is 12.7. The van der Waals surface area contributed by atoms with Crippen LogP contribution in [0.5, 0.6) is 0 Å². The highest BCUT2D eigenvalue weighted by Crippen LogP contribution is 2.04. The van der Waals surface area contributed by atoms with E-state index >= 15 is 0 Å². The van der Waals surface area contributed by atoms with Gasteiger partial charge in [-0.2, -0.15) is 15.0 Å². The maximum Gasteiger partial charge on any atom is 0.289 e. The fraction of sp³-hybridized carbons (Fsp3) is 0. The summed E-state index contributed by atoms with van der Waals surface area (Å²) in [5.41, 5.74) is 4.67. The quantitative estimate of drug-likeness (QED) is 0.810. The minimum atomic E-state index is -0.795. The number of carbonyl (C=O) groups excluding carboxylic acids is 1. The molecule has 2 aromatic rings. The number of nitrogens with zero attached hydrogens (tertiary/aromatic N) is 3. The van der Waals surface area contributed by atoms with Crippen molar-refractivity contribution < 1.29 is 4.79 Å². The summed E-state index contributed by atoms with van der Waals surface area (Å²) in [6.07, 6.45) is 0. The molecule has 1 amide bonds. The number of benzene rings is 1. The Morgan fingerprint density at radius 2 is 2.00 bits per heavy atom. The van der Waals surface area contributed by atoms with Crippen LogP contribution in [0.25, 0.3) is 5.69 Å². The molecule has 0 saturated heterocycles. The largest absolute Gasteiger partial charge is 0.364 e. The van der Waals surface area contributed by atoms with Crippen molar-refractivity contribution in [2.24, 2.45) is 5.73 Å². The molecule has 1 aromatic heterocycles. The molecule has 0 radical (unpaired) electrons. The van der Waals surface area contributed by atoms with Gasteiger partial charge in [0.05, 0.1) is 5.69 Å². The molecule has 0 bridgehead atoms. The summed E-state index contributed by atoms with van der Waals surface area (Å²) in [4.78, 5) is 23.0. The Bertz CT molecular complexity index is 698. The zero-order chi connectivity index (χ0) is 13.1. The first kappa shape index (κ1) is 11.5. The third-order valence-corrected chi connectivity index (χ3v) is 2.29. The molecule has 18 heavy (non-hydrogen) atoms. The molecule has 88 valence electrons. The van der Waals surface area contributed by atoms with E-state index in [0.29, 0.717) is 5.69 Å². The van der Waals surface area contributed by atoms with Crippen LogP contribution < -0.4 is 11.3 Å². The molecule has 1 aromatic carbocycles. The Morgan fingerprint density at radius 3 is 2.56 bits per heavy atom. The van der Waals surface area contributed by atoms with Crippen LogP contribution in [-0.2, 0) is 0 Å². The monoisotopic (exact) mass is 240 g/mol. The molecule has 0 aliphatic rings. The van der Waals surface area contributed by atoms with Gasteiger partial charge in [0.2, 0.25) is 0 Å². The van der Waals surface area contributed by atoms with Gasteiger partial charge in [-0.1, -0.05) is 18.2 Å². The molecular weight excluding hydrogens is 232 g/mol. The van der Waals surface area contributed by atoms with Crippen molar-refractivity contribution in [2.75, 3.05) is 0 Å². The molecule has 0 saturated carbocycles. The molecule has 0 spiro atoms. The van der Waals surface area contributed by atoms with E-state index in [0.717, 1.165) is 10.7 Å². The van der Waals surface area contributed by atoms with Crippen LogP contribution in [0, 0.1) is 11.3 Å². The maximum atomic E-state index is 11.9. The second kappa shape index (κ2) is 4.51. The van der Waals surface area contributed by atoms with Crippen LogP contribution in [0.3, 0.4) is 0 Å². The van der Waals surface area contributed by atoms with E-state index in [1.165, 1.54) is 0 Å². The molecule has 0 aliphatic heterocycles. The maximum absolute atomic E-state index is 11.9. The van der Waals surface area contributed by atoms with Gasteiger partial charge in [-0.3, -0.25) is 9.59 Å². The number of hydrogen-bond donors (Lipinski definition) is 1. The van der Waals surface area contributed by atoms with Gasteiger partial charge in [-0.05, 0) is 18.2 Å². The Kier molecular flexibility index (Phi) is 2.89. The van der Waals surface area contributed by atoms with Gasteiger partial charge in [-0.15, -0.1) is 0 Å². The molecule has 0 unspecified atom stereocenters. The van der Waals surface area contributed by atoms with Crippen molar-refractivity contribution in [2.45, 2.75) is 0 Å². The zero-order valence-corrected chi connectivity index (χ0v) is 9.20. The molecule has 6 nitrogen and oxygen atoms in total. The minimum absolute atomic E-state index is 0.130. The number of para-hydroxylation sites is 1. The summed E-state index contributed by atoms with van der Waals surface area (Å²) in [6, 6.07) is 11.3. The van der Waals surface area contributed by atoms with Crippen LogP contribution in [-0.4, -0.2) is 15.7 Å². The number of nitrogens with two attached hydrogens (primary N) is 1. The summed E-state index contributed by atoms with van der Waals surface area (Å²) in [7, 11) is 0. The lowest BCUT2D eigenvalue weighted by atomic mass is 10.2. The van der Waals surface area contributed by atoms with Gasteiger partial charge in [0.1, 0.15) is 11.6 Å². The van der Waals surface area contributed by atoms with E-state index in [1.54, 1.807) is 36.4 Å². The molecular formula is C12H8N4O2. The van der Waals surface area contributed by atoms with Gasteiger partial charge in [-0.25, -0.2) is 0 Å². The number of amides is 1. The predicted molar refractivity (Wildman–Crippen MR) is 63.1 cm³/mol. The third kappa shape index (κ3) is 1.97. The van der Waals surface area contributed by atoms with Crippen molar-refractivity contribution in [3.8, 4) is 11.8 Å². The first-order valence-corrected chi connectivity index (χ1v) is 5.03. The van der Waals surface area contributed by atoms with Crippen LogP contribution in [0.4, 0.5) is 0 Å². The normalized spacial score (nSPS) is 9.72. The minimum Gasteiger partial charge on any atom is -0.364 e. The second-order valence-electron chi connectivity index (χ2n) is 3.47. The molecule has 0 fully saturated rings. The van der Waals surface area contributed by atoms with Crippen LogP contribution in [0.1, 0.15) is 16.1 Å². The first-order chi connectivity index (χ1) is 8.63. The number of carbonyl (C=O) groups is 1. The van der Waals surface area contributed by atoms with Crippen molar-refractivity contribution in [3.63, 3.8) is 0 Å². The smallest absolute Gasteiger partial charge is 0.289 e. The van der Waals surface area contributed by atoms with Crippen LogP contribution in [0.2, 0.25) is 0 Å². The van der Waals surface area contributed by atoms with Crippen LogP contribution in [0.15, 0.2) is 41.2 Å². The first-order valence-electron chi connectivity index (χ1n) is 5.03. The number of hydrogen-bond acceptors (Lipinski definition) is 4. The van der Waals surface area contributed by atoms with Gasteiger partial charge in [0.15, 0.2) is 5.69 Å². The molecule has 2 N–H and O–H groups in total. The topological polar surface area (TPSA) is 102 Å². The van der Waals surface area contributed by atoms with Gasteiger partial charge >= 0.3 is 0 Å². The Labute approximate surface area is 102 Å². The van der Waals surface area contributed by atoms with E-state index in [-0.39, 0.29) is 11.3 Å². The van der Waals surface area contributed by atoms with E-state index in [9.17, 15) is 9.59 Å². The van der Waals surface area contributed by atoms with Crippen molar-refractivity contribution >= 4 is 5.91 Å². The van der Waals surface area contributed by atoms with Gasteiger partial charge in [0, 0.05) is 0 Å². The lowest BCUT2D eigenvalue weighted by Gasteiger charge is -2.05. The summed E-state index contributed by atoms with van der Waals surface area (Å²) in [5.74, 6) is -0.795. The predicted octanol–water partition coefficient (Wildman–Crippen LogP) is 0.203. The highest BCUT2D eigenvalue weighted by atomic mass is 16.1. The molecule has 0 aliphatic carbocycles. The number of aromatic nitrogens is 2. The number of nitriles is 1. The van der Waals surface area contributed by atoms with E-state index in [4.69, 9.17) is 11.0 Å². The van der Waals surface area contributed by atoms with E-state index in [2.05, 4.69) is 5.10 Å². The van der Waals surface area contributed by atoms with E-state index in [1.807, 2.05) is 0 Å². The fourth-order valence-electron chi connectivity index (χ4n) is 1.44. The number of rotatable bonds is 2. The standard InChI is InChI=1S/C12H8N4O2/c13-7-8-6-10(11(14)17)15-16(12(8)18)9-4-2-1-3-5-9/h1-6H,(H2,14,17). The van der Waals surface area contributed by atoms with E-state index < -0.39 is 11.5 Å². The molecule has 2 rings (SSSR count). The molecule has 6 heteroatoms. The second-order valence-corrected chi connectivity index (χ2v) is 3.47. The van der Waals surface area contributed by atoms with Gasteiger partial charge in [0.25, 0.3) is 11.5 Å².